The van der Waals surface area contributed by atoms with Crippen LogP contribution in [0.1, 0.15) is 29.0 Å². The number of amides is 1. The highest BCUT2D eigenvalue weighted by Crippen LogP contribution is 2.33. The molecule has 1 heterocycles. The second-order valence-corrected chi connectivity index (χ2v) is 5.87. The summed E-state index contributed by atoms with van der Waals surface area (Å²) < 4.78 is 23.8. The van der Waals surface area contributed by atoms with E-state index in [-0.39, 0.29) is 40.0 Å². The van der Waals surface area contributed by atoms with E-state index in [9.17, 15) is 14.0 Å². The minimum Gasteiger partial charge on any atom is -0.469 e. The Morgan fingerprint density at radius 3 is 2.76 bits per heavy atom. The molecule has 0 saturated carbocycles. The molecule has 0 N–H and O–H groups in total. The van der Waals surface area contributed by atoms with Crippen LogP contribution in [0.2, 0.25) is 5.02 Å². The lowest BCUT2D eigenvalue weighted by Gasteiger charge is -2.17. The van der Waals surface area contributed by atoms with Gasteiger partial charge in [-0.15, -0.1) is 0 Å². The smallest absolute Gasteiger partial charge is 0.305 e. The van der Waals surface area contributed by atoms with Crippen LogP contribution in [0.5, 0.6) is 0 Å². The standard InChI is InChI=1S/C17H18ClFN2O4/c1-10-14(17(23)21(2)9-5-8-13(22)24-3)16(20-25-10)15-11(18)6-4-7-12(15)19/h4,6-7H,5,8-9H2,1-3H3. The molecule has 25 heavy (non-hydrogen) atoms. The van der Waals surface area contributed by atoms with Crippen LogP contribution in [0.15, 0.2) is 22.7 Å². The highest BCUT2D eigenvalue weighted by atomic mass is 35.5. The number of methoxy groups -OCH3 is 1. The Kier molecular flexibility index (Phi) is 6.14. The summed E-state index contributed by atoms with van der Waals surface area (Å²) in [5.74, 6) is -1.07. The van der Waals surface area contributed by atoms with Crippen molar-refractivity contribution >= 4 is 23.5 Å². The Bertz CT molecular complexity index is 771. The molecule has 0 aliphatic heterocycles. The van der Waals surface area contributed by atoms with Gasteiger partial charge in [0.25, 0.3) is 5.91 Å². The molecule has 0 bridgehead atoms. The fourth-order valence-electron chi connectivity index (χ4n) is 2.37. The fraction of sp³-hybridized carbons (Fsp3) is 0.353. The van der Waals surface area contributed by atoms with Crippen LogP contribution < -0.4 is 0 Å². The lowest BCUT2D eigenvalue weighted by Crippen LogP contribution is -2.29. The van der Waals surface area contributed by atoms with E-state index in [1.54, 1.807) is 14.0 Å². The Balaban J connectivity index is 2.26. The van der Waals surface area contributed by atoms with E-state index in [0.29, 0.717) is 13.0 Å². The van der Waals surface area contributed by atoms with Crippen molar-refractivity contribution in [2.75, 3.05) is 20.7 Å². The first kappa shape index (κ1) is 18.9. The van der Waals surface area contributed by atoms with Crippen molar-refractivity contribution in [3.05, 3.63) is 40.4 Å². The molecule has 0 aliphatic rings. The van der Waals surface area contributed by atoms with Crippen LogP contribution in [0.25, 0.3) is 11.3 Å². The molecule has 8 heteroatoms. The third kappa shape index (κ3) is 4.17. The van der Waals surface area contributed by atoms with Gasteiger partial charge in [0, 0.05) is 20.0 Å². The molecule has 0 spiro atoms. The van der Waals surface area contributed by atoms with Gasteiger partial charge in [-0.05, 0) is 25.5 Å². The van der Waals surface area contributed by atoms with Gasteiger partial charge in [0.15, 0.2) is 0 Å². The van der Waals surface area contributed by atoms with Crippen LogP contribution in [-0.4, -0.2) is 42.6 Å². The lowest BCUT2D eigenvalue weighted by atomic mass is 10.0. The second kappa shape index (κ2) is 8.11. The molecule has 2 rings (SSSR count). The van der Waals surface area contributed by atoms with Crippen molar-refractivity contribution in [3.8, 4) is 11.3 Å². The van der Waals surface area contributed by atoms with Gasteiger partial charge in [-0.2, -0.15) is 0 Å². The predicted molar refractivity (Wildman–Crippen MR) is 89.9 cm³/mol. The van der Waals surface area contributed by atoms with E-state index >= 15 is 0 Å². The molecule has 0 aliphatic carbocycles. The zero-order valence-electron chi connectivity index (χ0n) is 14.1. The van der Waals surface area contributed by atoms with Crippen molar-refractivity contribution in [1.29, 1.82) is 0 Å². The number of ether oxygens (including phenoxy) is 1. The van der Waals surface area contributed by atoms with Gasteiger partial charge in [-0.3, -0.25) is 9.59 Å². The molecular formula is C17H18ClFN2O4. The van der Waals surface area contributed by atoms with Crippen molar-refractivity contribution in [1.82, 2.24) is 10.1 Å². The largest absolute Gasteiger partial charge is 0.469 e. The number of aryl methyl sites for hydroxylation is 1. The van der Waals surface area contributed by atoms with Crippen molar-refractivity contribution in [2.24, 2.45) is 0 Å². The first-order chi connectivity index (χ1) is 11.9. The predicted octanol–water partition coefficient (Wildman–Crippen LogP) is 3.47. The van der Waals surface area contributed by atoms with Gasteiger partial charge in [0.05, 0.1) is 17.7 Å². The minimum atomic E-state index is -0.594. The van der Waals surface area contributed by atoms with E-state index in [1.165, 1.54) is 30.2 Å². The molecule has 6 nitrogen and oxygen atoms in total. The average molecular weight is 369 g/mol. The molecular weight excluding hydrogens is 351 g/mol. The molecule has 0 saturated heterocycles. The topological polar surface area (TPSA) is 72.6 Å². The summed E-state index contributed by atoms with van der Waals surface area (Å²) in [6, 6.07) is 4.21. The number of benzene rings is 1. The number of hydrogen-bond donors (Lipinski definition) is 0. The number of esters is 1. The molecule has 0 unspecified atom stereocenters. The highest BCUT2D eigenvalue weighted by molar-refractivity contribution is 6.33. The maximum absolute atomic E-state index is 14.2. The summed E-state index contributed by atoms with van der Waals surface area (Å²) >= 11 is 6.07. The number of halogens is 2. The Morgan fingerprint density at radius 1 is 1.40 bits per heavy atom. The first-order valence-electron chi connectivity index (χ1n) is 7.59. The fourth-order valence-corrected chi connectivity index (χ4v) is 2.63. The third-order valence-corrected chi connectivity index (χ3v) is 4.04. The van der Waals surface area contributed by atoms with E-state index < -0.39 is 11.7 Å². The maximum atomic E-state index is 14.2. The van der Waals surface area contributed by atoms with Crippen molar-refractivity contribution < 1.29 is 23.2 Å². The van der Waals surface area contributed by atoms with E-state index in [0.717, 1.165) is 0 Å². The lowest BCUT2D eigenvalue weighted by molar-refractivity contribution is -0.140. The van der Waals surface area contributed by atoms with E-state index in [1.807, 2.05) is 0 Å². The first-order valence-corrected chi connectivity index (χ1v) is 7.97. The van der Waals surface area contributed by atoms with Crippen LogP contribution in [0.4, 0.5) is 4.39 Å². The Hall–Kier alpha value is -2.41. The number of carbonyl (C=O) groups is 2. The van der Waals surface area contributed by atoms with Crippen molar-refractivity contribution in [3.63, 3.8) is 0 Å². The molecule has 0 atom stereocenters. The summed E-state index contributed by atoms with van der Waals surface area (Å²) in [4.78, 5) is 25.3. The SMILES string of the molecule is COC(=O)CCCN(C)C(=O)c1c(-c2c(F)cccc2Cl)noc1C. The summed E-state index contributed by atoms with van der Waals surface area (Å²) in [6.07, 6.45) is 0.637. The number of hydrogen-bond acceptors (Lipinski definition) is 5. The van der Waals surface area contributed by atoms with E-state index in [2.05, 4.69) is 9.89 Å². The maximum Gasteiger partial charge on any atom is 0.305 e. The summed E-state index contributed by atoms with van der Waals surface area (Å²) in [7, 11) is 2.89. The number of nitrogens with zero attached hydrogens (tertiary/aromatic N) is 2. The molecule has 0 fully saturated rings. The highest BCUT2D eigenvalue weighted by Gasteiger charge is 2.27. The molecule has 0 radical (unpaired) electrons. The van der Waals surface area contributed by atoms with Gasteiger partial charge in [-0.1, -0.05) is 22.8 Å². The van der Waals surface area contributed by atoms with Crippen molar-refractivity contribution in [2.45, 2.75) is 19.8 Å². The minimum absolute atomic E-state index is 0.0207. The number of carbonyl (C=O) groups excluding carboxylic acids is 2. The monoisotopic (exact) mass is 368 g/mol. The Morgan fingerprint density at radius 2 is 2.12 bits per heavy atom. The summed E-state index contributed by atoms with van der Waals surface area (Å²) in [5.41, 5.74) is 0.227. The third-order valence-electron chi connectivity index (χ3n) is 3.72. The van der Waals surface area contributed by atoms with Gasteiger partial charge in [-0.25, -0.2) is 4.39 Å². The molecule has 134 valence electrons. The molecule has 1 aromatic heterocycles. The van der Waals surface area contributed by atoms with Gasteiger partial charge in [0.2, 0.25) is 0 Å². The normalized spacial score (nSPS) is 10.6. The summed E-state index contributed by atoms with van der Waals surface area (Å²) in [6.45, 7) is 1.89. The van der Waals surface area contributed by atoms with Gasteiger partial charge < -0.3 is 14.2 Å². The zero-order chi connectivity index (χ0) is 18.6. The molecule has 1 amide bonds. The van der Waals surface area contributed by atoms with Gasteiger partial charge in [0.1, 0.15) is 22.8 Å². The zero-order valence-corrected chi connectivity index (χ0v) is 14.9. The quantitative estimate of drug-likeness (QED) is 0.730. The van der Waals surface area contributed by atoms with Crippen LogP contribution in [0, 0.1) is 12.7 Å². The Labute approximate surface area is 149 Å². The molecule has 2 aromatic rings. The van der Waals surface area contributed by atoms with Gasteiger partial charge >= 0.3 is 5.97 Å². The van der Waals surface area contributed by atoms with E-state index in [4.69, 9.17) is 16.1 Å². The number of aromatic nitrogens is 1. The number of rotatable bonds is 6. The summed E-state index contributed by atoms with van der Waals surface area (Å²) in [5, 5.41) is 3.95. The average Bonchev–Trinajstić information content (AvgIpc) is 2.95. The van der Waals surface area contributed by atoms with Crippen LogP contribution in [0.3, 0.4) is 0 Å². The van der Waals surface area contributed by atoms with Crippen LogP contribution >= 0.6 is 11.6 Å². The second-order valence-electron chi connectivity index (χ2n) is 5.47. The molecule has 1 aromatic carbocycles. The van der Waals surface area contributed by atoms with Crippen LogP contribution in [-0.2, 0) is 9.53 Å².